The van der Waals surface area contributed by atoms with Crippen molar-refractivity contribution in [2.45, 2.75) is 51.4 Å². The molecule has 1 radical (unpaired) electrons. The molecule has 17 heteroatoms. The van der Waals surface area contributed by atoms with Crippen molar-refractivity contribution in [1.82, 2.24) is 21.3 Å². The molecule has 0 atom stereocenters. The third kappa shape index (κ3) is 27.5. The molecule has 0 spiro atoms. The van der Waals surface area contributed by atoms with Gasteiger partial charge in [-0.25, -0.2) is 28.8 Å². The monoisotopic (exact) mass is 613 g/mol. The minimum Gasteiger partial charge on any atom is -0.483 e. The average molecular weight is 613 g/mol. The highest BCUT2D eigenvalue weighted by Crippen LogP contribution is 1.99. The number of carbonyl (C=O) groups excluding carboxylic acids is 6. The predicted molar refractivity (Wildman–Crippen MR) is 153 cm³/mol. The molecule has 0 saturated carbocycles. The lowest BCUT2D eigenvalue weighted by Crippen LogP contribution is -2.31. The molecule has 0 heterocycles. The van der Waals surface area contributed by atoms with Gasteiger partial charge >= 0.3 is 44.0 Å². The van der Waals surface area contributed by atoms with Crippen LogP contribution in [0.25, 0.3) is 0 Å². The average Bonchev–Trinajstić information content (AvgIpc) is 2.99. The molecule has 0 aliphatic heterocycles. The lowest BCUT2D eigenvalue weighted by Gasteiger charge is -2.08. The molecule has 0 aromatic carbocycles. The molecule has 0 aliphatic carbocycles. The molecular weight excluding hydrogens is 571 g/mol. The molecule has 0 aromatic heterocycles. The van der Waals surface area contributed by atoms with E-state index in [1.807, 2.05) is 0 Å². The summed E-state index contributed by atoms with van der Waals surface area (Å²) >= 11 is 0. The number of rotatable bonds is 24. The van der Waals surface area contributed by atoms with Gasteiger partial charge in [-0.1, -0.05) is 38.8 Å². The largest absolute Gasteiger partial charge is 0.664 e. The van der Waals surface area contributed by atoms with E-state index in [4.69, 9.17) is 9.47 Å². The van der Waals surface area contributed by atoms with Crippen LogP contribution in [0.3, 0.4) is 0 Å². The van der Waals surface area contributed by atoms with Gasteiger partial charge in [0.05, 0.1) is 0 Å². The fourth-order valence-electron chi connectivity index (χ4n) is 2.94. The fourth-order valence-corrected chi connectivity index (χ4v) is 2.94. The van der Waals surface area contributed by atoms with Crippen molar-refractivity contribution >= 4 is 44.0 Å². The number of ether oxygens (including phenoxy) is 4. The maximum Gasteiger partial charge on any atom is 0.664 e. The van der Waals surface area contributed by atoms with Gasteiger partial charge in [0.25, 0.3) is 0 Å². The number of esters is 2. The lowest BCUT2D eigenvalue weighted by molar-refractivity contribution is -0.139. The molecule has 16 nitrogen and oxygen atoms in total. The summed E-state index contributed by atoms with van der Waals surface area (Å²) < 4.78 is 28.3. The lowest BCUT2D eigenvalue weighted by atomic mass is 10.2. The number of hydrogen-bond acceptors (Lipinski definition) is 12. The Morgan fingerprint density at radius 1 is 0.465 bits per heavy atom. The molecule has 4 N–H and O–H groups in total. The normalized spacial score (nSPS) is 9.77. The second-order valence-corrected chi connectivity index (χ2v) is 8.46. The zero-order chi connectivity index (χ0) is 32.0. The third-order valence-electron chi connectivity index (χ3n) is 5.05. The van der Waals surface area contributed by atoms with Crippen molar-refractivity contribution < 1.29 is 57.0 Å². The van der Waals surface area contributed by atoms with Gasteiger partial charge in [0, 0.05) is 38.3 Å². The Bertz CT molecular complexity index is 807. The molecule has 0 saturated heterocycles. The predicted octanol–water partition coefficient (Wildman–Crippen LogP) is 2.00. The highest BCUT2D eigenvalue weighted by Gasteiger charge is 2.10. The van der Waals surface area contributed by atoms with Crippen molar-refractivity contribution in [2.24, 2.45) is 0 Å². The summed E-state index contributed by atoms with van der Waals surface area (Å²) in [5.74, 6) is -1.17. The van der Waals surface area contributed by atoms with Gasteiger partial charge in [0.2, 0.25) is 0 Å². The van der Waals surface area contributed by atoms with Crippen molar-refractivity contribution in [3.05, 3.63) is 25.3 Å². The van der Waals surface area contributed by atoms with Crippen LogP contribution in [0, 0.1) is 0 Å². The highest BCUT2D eigenvalue weighted by atomic mass is 16.6. The maximum absolute atomic E-state index is 11.6. The maximum atomic E-state index is 11.6. The number of unbranched alkanes of at least 4 members (excludes halogenated alkanes) is 6. The van der Waals surface area contributed by atoms with Crippen LogP contribution in [0.5, 0.6) is 0 Å². The van der Waals surface area contributed by atoms with Gasteiger partial charge < -0.3 is 49.5 Å². The van der Waals surface area contributed by atoms with E-state index in [1.165, 1.54) is 0 Å². The van der Waals surface area contributed by atoms with E-state index in [-0.39, 0.29) is 26.4 Å². The Kier molecular flexibility index (Phi) is 24.9. The zero-order valence-electron chi connectivity index (χ0n) is 24.4. The molecule has 241 valence electrons. The van der Waals surface area contributed by atoms with Crippen molar-refractivity contribution in [3.63, 3.8) is 0 Å². The van der Waals surface area contributed by atoms with E-state index in [0.29, 0.717) is 59.5 Å². The summed E-state index contributed by atoms with van der Waals surface area (Å²) in [5, 5.41) is 10.2. The molecule has 4 amide bonds. The van der Waals surface area contributed by atoms with E-state index in [1.54, 1.807) is 0 Å². The van der Waals surface area contributed by atoms with E-state index >= 15 is 0 Å². The Morgan fingerprint density at radius 2 is 0.767 bits per heavy atom. The molecule has 43 heavy (non-hydrogen) atoms. The van der Waals surface area contributed by atoms with Crippen LogP contribution in [0.1, 0.15) is 51.4 Å². The van der Waals surface area contributed by atoms with Crippen LogP contribution in [0.4, 0.5) is 19.2 Å². The minimum atomic E-state index is -0.760. The number of hydrogen-bond donors (Lipinski definition) is 4. The van der Waals surface area contributed by atoms with Crippen molar-refractivity contribution in [2.75, 3.05) is 52.6 Å². The summed E-state index contributed by atoms with van der Waals surface area (Å²) in [6.45, 7) is 7.88. The SMILES string of the molecule is C=CC(=O)OCCOC(=O)NCCCCCCNC(=O)O[B]OC(=O)NCCCCCCNC(=O)OCCOC(=O)C=C. The first kappa shape index (κ1) is 38.6. The number of alkyl carbamates (subject to hydrolysis) is 2. The van der Waals surface area contributed by atoms with Gasteiger partial charge in [-0.05, 0) is 25.7 Å². The Morgan fingerprint density at radius 3 is 1.09 bits per heavy atom. The molecule has 0 rings (SSSR count). The van der Waals surface area contributed by atoms with E-state index in [9.17, 15) is 28.8 Å². The molecular formula is C26H42BN4O12. The number of amides is 4. The Balaban J connectivity index is 3.46. The van der Waals surface area contributed by atoms with Crippen LogP contribution < -0.4 is 21.3 Å². The van der Waals surface area contributed by atoms with Crippen molar-refractivity contribution in [3.8, 4) is 0 Å². The summed E-state index contributed by atoms with van der Waals surface area (Å²) in [7, 11) is 0.646. The summed E-state index contributed by atoms with van der Waals surface area (Å²) in [6, 6.07) is 0. The molecule has 0 aromatic rings. The topological polar surface area (TPSA) is 206 Å². The third-order valence-corrected chi connectivity index (χ3v) is 5.05. The molecule has 0 unspecified atom stereocenters. The van der Waals surface area contributed by atoms with Gasteiger partial charge in [-0.2, -0.15) is 0 Å². The van der Waals surface area contributed by atoms with Crippen molar-refractivity contribution in [1.29, 1.82) is 0 Å². The second-order valence-electron chi connectivity index (χ2n) is 8.46. The second kappa shape index (κ2) is 27.7. The standard InChI is InChI=1S/C26H42BN4O12/c1-3-21(32)38-17-19-40-23(34)28-13-9-5-7-11-15-30-25(36)42-27-43-26(37)31-16-12-8-6-10-14-29-24(35)41-20-18-39-22(33)4-2/h3-4H,1-2,5-20H2,(H,28,34)(H,29,35)(H,30,36)(H,31,37). The van der Waals surface area contributed by atoms with Crippen LogP contribution in [-0.2, 0) is 37.8 Å². The summed E-state index contributed by atoms with van der Waals surface area (Å²) in [4.78, 5) is 67.8. The minimum absolute atomic E-state index is 0.0448. The summed E-state index contributed by atoms with van der Waals surface area (Å²) in [6.07, 6.45) is 5.35. The van der Waals surface area contributed by atoms with Crippen LogP contribution in [0.2, 0.25) is 0 Å². The Hall–Kier alpha value is -4.44. The Labute approximate surface area is 251 Å². The van der Waals surface area contributed by atoms with Gasteiger partial charge in [0.1, 0.15) is 26.4 Å². The first-order valence-electron chi connectivity index (χ1n) is 13.9. The van der Waals surface area contributed by atoms with E-state index in [0.717, 1.165) is 37.8 Å². The van der Waals surface area contributed by atoms with E-state index in [2.05, 4.69) is 53.2 Å². The van der Waals surface area contributed by atoms with Gasteiger partial charge in [-0.15, -0.1) is 0 Å². The van der Waals surface area contributed by atoms with Crippen LogP contribution in [0.15, 0.2) is 25.3 Å². The van der Waals surface area contributed by atoms with Gasteiger partial charge in [0.15, 0.2) is 0 Å². The number of carbonyl (C=O) groups is 6. The van der Waals surface area contributed by atoms with Crippen LogP contribution >= 0.6 is 0 Å². The molecule has 0 aliphatic rings. The van der Waals surface area contributed by atoms with Crippen LogP contribution in [-0.4, -0.2) is 96.6 Å². The summed E-state index contributed by atoms with van der Waals surface area (Å²) in [5.41, 5.74) is 0. The van der Waals surface area contributed by atoms with Gasteiger partial charge in [-0.3, -0.25) is 0 Å². The quantitative estimate of drug-likeness (QED) is 0.0406. The first-order chi connectivity index (χ1) is 20.8. The zero-order valence-corrected chi connectivity index (χ0v) is 24.4. The smallest absolute Gasteiger partial charge is 0.483 e. The number of nitrogens with one attached hydrogen (secondary N) is 4. The van der Waals surface area contributed by atoms with E-state index < -0.39 is 36.3 Å². The molecule has 0 fully saturated rings. The highest BCUT2D eigenvalue weighted by molar-refractivity contribution is 6.25. The first-order valence-corrected chi connectivity index (χ1v) is 13.9. The molecule has 0 bridgehead atoms. The fraction of sp³-hybridized carbons (Fsp3) is 0.615.